The van der Waals surface area contributed by atoms with Crippen LogP contribution in [-0.4, -0.2) is 13.1 Å². The molecule has 58 valence electrons. The maximum absolute atomic E-state index is 12.9. The molecule has 0 N–H and O–H groups in total. The maximum atomic E-state index is 12.9. The van der Waals surface area contributed by atoms with Crippen LogP contribution in [0.3, 0.4) is 0 Å². The molecule has 0 atom stereocenters. The van der Waals surface area contributed by atoms with Gasteiger partial charge in [-0.25, -0.2) is 8.78 Å². The lowest BCUT2D eigenvalue weighted by molar-refractivity contribution is 0.584. The quantitative estimate of drug-likeness (QED) is 0.558. The highest BCUT2D eigenvalue weighted by molar-refractivity contribution is 5.52. The number of hydrogen-bond acceptors (Lipinski definition) is 1. The third-order valence-electron chi connectivity index (χ3n) is 1.70. The predicted octanol–water partition coefficient (Wildman–Crippen LogP) is 1.78. The van der Waals surface area contributed by atoms with E-state index in [1.54, 1.807) is 0 Å². The molecule has 1 aromatic carbocycles. The van der Waals surface area contributed by atoms with E-state index in [0.717, 1.165) is 19.2 Å². The van der Waals surface area contributed by atoms with Gasteiger partial charge in [0, 0.05) is 19.2 Å². The van der Waals surface area contributed by atoms with Gasteiger partial charge < -0.3 is 4.90 Å². The minimum Gasteiger partial charge on any atom is -0.366 e. The molecule has 0 aliphatic carbocycles. The fourth-order valence-corrected chi connectivity index (χ4v) is 1.03. The highest BCUT2D eigenvalue weighted by Crippen LogP contribution is 2.24. The van der Waals surface area contributed by atoms with Crippen LogP contribution in [0.5, 0.6) is 0 Å². The van der Waals surface area contributed by atoms with Crippen LogP contribution in [0.15, 0.2) is 18.2 Å². The van der Waals surface area contributed by atoms with Crippen LogP contribution in [0.4, 0.5) is 14.5 Å². The second-order valence-corrected chi connectivity index (χ2v) is 2.58. The van der Waals surface area contributed by atoms with Gasteiger partial charge in [-0.1, -0.05) is 0 Å². The van der Waals surface area contributed by atoms with Crippen LogP contribution in [-0.2, 0) is 0 Å². The largest absolute Gasteiger partial charge is 0.366 e. The first-order valence-corrected chi connectivity index (χ1v) is 3.47. The van der Waals surface area contributed by atoms with Crippen molar-refractivity contribution in [3.05, 3.63) is 29.8 Å². The van der Waals surface area contributed by atoms with Crippen LogP contribution < -0.4 is 4.90 Å². The van der Waals surface area contributed by atoms with Gasteiger partial charge in [0.15, 0.2) is 0 Å². The normalized spacial score (nSPS) is 15.3. The van der Waals surface area contributed by atoms with E-state index < -0.39 is 11.6 Å². The Hall–Kier alpha value is -1.12. The molecular weight excluding hydrogens is 148 g/mol. The van der Waals surface area contributed by atoms with E-state index in [9.17, 15) is 8.78 Å². The van der Waals surface area contributed by atoms with E-state index in [1.807, 2.05) is 4.90 Å². The molecule has 1 aliphatic rings. The van der Waals surface area contributed by atoms with E-state index in [0.29, 0.717) is 5.69 Å². The molecule has 1 aromatic rings. The third-order valence-corrected chi connectivity index (χ3v) is 1.70. The SMILES string of the molecule is Fc1ccc(N2CC2)c(F)c1. The van der Waals surface area contributed by atoms with Gasteiger partial charge >= 0.3 is 0 Å². The highest BCUT2D eigenvalue weighted by Gasteiger charge is 2.21. The van der Waals surface area contributed by atoms with Crippen molar-refractivity contribution < 1.29 is 8.78 Å². The number of hydrogen-bond donors (Lipinski definition) is 0. The molecule has 0 bridgehead atoms. The summed E-state index contributed by atoms with van der Waals surface area (Å²) in [6, 6.07) is 3.65. The molecule has 2 rings (SSSR count). The van der Waals surface area contributed by atoms with Gasteiger partial charge in [-0.15, -0.1) is 0 Å². The van der Waals surface area contributed by atoms with Crippen molar-refractivity contribution in [3.8, 4) is 0 Å². The van der Waals surface area contributed by atoms with Gasteiger partial charge in [-0.2, -0.15) is 0 Å². The Labute approximate surface area is 63.2 Å². The Kier molecular flexibility index (Phi) is 1.31. The van der Waals surface area contributed by atoms with E-state index in [1.165, 1.54) is 12.1 Å². The van der Waals surface area contributed by atoms with Gasteiger partial charge in [0.25, 0.3) is 0 Å². The monoisotopic (exact) mass is 155 g/mol. The van der Waals surface area contributed by atoms with E-state index in [2.05, 4.69) is 0 Å². The average molecular weight is 155 g/mol. The summed E-state index contributed by atoms with van der Waals surface area (Å²) in [5, 5.41) is 0. The predicted molar refractivity (Wildman–Crippen MR) is 38.6 cm³/mol. The summed E-state index contributed by atoms with van der Waals surface area (Å²) in [4.78, 5) is 1.84. The van der Waals surface area contributed by atoms with Crippen molar-refractivity contribution in [2.75, 3.05) is 18.0 Å². The second kappa shape index (κ2) is 2.19. The van der Waals surface area contributed by atoms with Gasteiger partial charge in [0.2, 0.25) is 0 Å². The lowest BCUT2D eigenvalue weighted by Crippen LogP contribution is -1.94. The first kappa shape index (κ1) is 6.58. The summed E-state index contributed by atoms with van der Waals surface area (Å²) >= 11 is 0. The third kappa shape index (κ3) is 1.18. The molecule has 0 saturated carbocycles. The van der Waals surface area contributed by atoms with Crippen molar-refractivity contribution in [2.45, 2.75) is 0 Å². The molecule has 1 aliphatic heterocycles. The van der Waals surface area contributed by atoms with E-state index in [-0.39, 0.29) is 0 Å². The molecule has 1 nitrogen and oxygen atoms in total. The summed E-state index contributed by atoms with van der Waals surface area (Å²) in [6.07, 6.45) is 0. The Balaban J connectivity index is 2.39. The van der Waals surface area contributed by atoms with Gasteiger partial charge in [-0.05, 0) is 12.1 Å². The summed E-state index contributed by atoms with van der Waals surface area (Å²) in [5.41, 5.74) is 0.506. The lowest BCUT2D eigenvalue weighted by Gasteiger charge is -2.02. The van der Waals surface area contributed by atoms with E-state index in [4.69, 9.17) is 0 Å². The molecule has 1 heterocycles. The standard InChI is InChI=1S/C8H7F2N/c9-6-1-2-8(7(10)5-6)11-3-4-11/h1-2,5H,3-4H2. The molecular formula is C8H7F2N. The molecule has 0 amide bonds. The fourth-order valence-electron chi connectivity index (χ4n) is 1.03. The number of halogens is 2. The topological polar surface area (TPSA) is 3.01 Å². The van der Waals surface area contributed by atoms with Gasteiger partial charge in [0.1, 0.15) is 11.6 Å². The van der Waals surface area contributed by atoms with E-state index >= 15 is 0 Å². The number of rotatable bonds is 1. The molecule has 0 aromatic heterocycles. The van der Waals surface area contributed by atoms with Crippen LogP contribution in [0, 0.1) is 11.6 Å². The van der Waals surface area contributed by atoms with Crippen LogP contribution in [0.2, 0.25) is 0 Å². The number of benzene rings is 1. The highest BCUT2D eigenvalue weighted by atomic mass is 19.1. The number of nitrogens with zero attached hydrogens (tertiary/aromatic N) is 1. The Morgan fingerprint density at radius 1 is 1.18 bits per heavy atom. The Morgan fingerprint density at radius 2 is 1.91 bits per heavy atom. The Bertz CT molecular complexity index is 281. The average Bonchev–Trinajstić information content (AvgIpc) is 2.70. The maximum Gasteiger partial charge on any atom is 0.149 e. The van der Waals surface area contributed by atoms with Crippen LogP contribution >= 0.6 is 0 Å². The second-order valence-electron chi connectivity index (χ2n) is 2.58. The molecule has 0 spiro atoms. The molecule has 0 unspecified atom stereocenters. The van der Waals surface area contributed by atoms with Crippen molar-refractivity contribution in [2.24, 2.45) is 0 Å². The zero-order valence-electron chi connectivity index (χ0n) is 5.85. The molecule has 0 radical (unpaired) electrons. The minimum absolute atomic E-state index is 0.470. The Morgan fingerprint density at radius 3 is 2.45 bits per heavy atom. The first-order valence-electron chi connectivity index (χ1n) is 3.47. The lowest BCUT2D eigenvalue weighted by atomic mass is 10.3. The number of anilines is 1. The van der Waals surface area contributed by atoms with Gasteiger partial charge in [0.05, 0.1) is 5.69 Å². The van der Waals surface area contributed by atoms with Crippen molar-refractivity contribution in [1.29, 1.82) is 0 Å². The first-order chi connectivity index (χ1) is 5.27. The summed E-state index contributed by atoms with van der Waals surface area (Å²) in [7, 11) is 0. The molecule has 1 saturated heterocycles. The van der Waals surface area contributed by atoms with Crippen molar-refractivity contribution in [1.82, 2.24) is 0 Å². The van der Waals surface area contributed by atoms with Crippen LogP contribution in [0.1, 0.15) is 0 Å². The van der Waals surface area contributed by atoms with Gasteiger partial charge in [-0.3, -0.25) is 0 Å². The summed E-state index contributed by atoms with van der Waals surface area (Å²) in [6.45, 7) is 1.76. The molecule has 1 fully saturated rings. The fraction of sp³-hybridized carbons (Fsp3) is 0.250. The molecule has 3 heteroatoms. The van der Waals surface area contributed by atoms with Crippen molar-refractivity contribution >= 4 is 5.69 Å². The molecule has 11 heavy (non-hydrogen) atoms. The van der Waals surface area contributed by atoms with Crippen molar-refractivity contribution in [3.63, 3.8) is 0 Å². The van der Waals surface area contributed by atoms with Crippen LogP contribution in [0.25, 0.3) is 0 Å². The summed E-state index contributed by atoms with van der Waals surface area (Å²) < 4.78 is 25.2. The zero-order valence-corrected chi connectivity index (χ0v) is 5.85. The minimum atomic E-state index is -0.520. The smallest absolute Gasteiger partial charge is 0.149 e. The summed E-state index contributed by atoms with van der Waals surface area (Å²) in [5.74, 6) is -0.990. The zero-order chi connectivity index (χ0) is 7.84.